The summed E-state index contributed by atoms with van der Waals surface area (Å²) in [6, 6.07) is 1.72. The molecule has 0 saturated heterocycles. The van der Waals surface area contributed by atoms with Crippen molar-refractivity contribution in [3.63, 3.8) is 0 Å². The summed E-state index contributed by atoms with van der Waals surface area (Å²) in [4.78, 5) is 29.7. The third-order valence-electron chi connectivity index (χ3n) is 5.89. The van der Waals surface area contributed by atoms with Gasteiger partial charge in [-0.25, -0.2) is 9.50 Å². The monoisotopic (exact) mass is 391 g/mol. The van der Waals surface area contributed by atoms with E-state index >= 15 is 0 Å². The molecular formula is C21H17N3O5. The van der Waals surface area contributed by atoms with Gasteiger partial charge in [0.1, 0.15) is 34.0 Å². The lowest BCUT2D eigenvalue weighted by Gasteiger charge is -2.31. The average Bonchev–Trinajstić information content (AvgIpc) is 3.21. The number of Topliss-reactive ketones (excluding diaryl/α,β-unsaturated/α-hetero) is 1. The molecular weight excluding hydrogens is 374 g/mol. The van der Waals surface area contributed by atoms with Crippen LogP contribution in [-0.2, 0) is 5.41 Å². The predicted molar refractivity (Wildman–Crippen MR) is 102 cm³/mol. The molecule has 8 nitrogen and oxygen atoms in total. The van der Waals surface area contributed by atoms with E-state index in [1.165, 1.54) is 19.9 Å². The highest BCUT2D eigenvalue weighted by Gasteiger charge is 2.54. The van der Waals surface area contributed by atoms with Crippen LogP contribution in [0.3, 0.4) is 0 Å². The quantitative estimate of drug-likeness (QED) is 0.613. The van der Waals surface area contributed by atoms with E-state index in [4.69, 9.17) is 4.74 Å². The molecule has 29 heavy (non-hydrogen) atoms. The highest BCUT2D eigenvalue weighted by molar-refractivity contribution is 6.10. The molecule has 0 saturated carbocycles. The largest absolute Gasteiger partial charge is 0.507 e. The highest BCUT2D eigenvalue weighted by Crippen LogP contribution is 2.59. The van der Waals surface area contributed by atoms with Crippen molar-refractivity contribution >= 4 is 17.2 Å². The van der Waals surface area contributed by atoms with Gasteiger partial charge in [-0.1, -0.05) is 0 Å². The topological polar surface area (TPSA) is 114 Å². The summed E-state index contributed by atoms with van der Waals surface area (Å²) >= 11 is 0. The van der Waals surface area contributed by atoms with Gasteiger partial charge in [0.05, 0.1) is 28.7 Å². The predicted octanol–water partition coefficient (Wildman–Crippen LogP) is 2.74. The number of fused-ring (bicyclic) bond motifs is 7. The summed E-state index contributed by atoms with van der Waals surface area (Å²) in [7, 11) is 0. The van der Waals surface area contributed by atoms with Gasteiger partial charge in [-0.15, -0.1) is 0 Å². The Morgan fingerprint density at radius 2 is 1.97 bits per heavy atom. The number of phenolic OH excluding ortho intramolecular Hbond substituents is 2. The molecule has 2 aliphatic rings. The zero-order valence-corrected chi connectivity index (χ0v) is 16.2. The molecule has 1 atom stereocenters. The second-order valence-electron chi connectivity index (χ2n) is 7.58. The van der Waals surface area contributed by atoms with Gasteiger partial charge < -0.3 is 14.9 Å². The first-order valence-corrected chi connectivity index (χ1v) is 9.07. The molecule has 8 heteroatoms. The summed E-state index contributed by atoms with van der Waals surface area (Å²) in [6.07, 6.45) is 2.93. The molecule has 5 rings (SSSR count). The minimum Gasteiger partial charge on any atom is -0.507 e. The van der Waals surface area contributed by atoms with Crippen molar-refractivity contribution in [2.45, 2.75) is 33.1 Å². The number of hydrogen-bond donors (Lipinski definition) is 2. The zero-order chi connectivity index (χ0) is 20.8. The normalized spacial score (nSPS) is 19.4. The molecule has 2 aromatic heterocycles. The van der Waals surface area contributed by atoms with Gasteiger partial charge in [-0.3, -0.25) is 9.59 Å². The number of carbonyl (C=O) groups is 2. The molecule has 0 fully saturated rings. The Kier molecular flexibility index (Phi) is 3.14. The minimum absolute atomic E-state index is 0.0247. The minimum atomic E-state index is -1.11. The number of carbonyl (C=O) groups excluding carboxylic acids is 2. The highest BCUT2D eigenvalue weighted by atomic mass is 16.5. The number of aromatic nitrogens is 3. The molecule has 3 heterocycles. The molecule has 0 unspecified atom stereocenters. The Hall–Kier alpha value is -3.68. The molecule has 146 valence electrons. The number of allylic oxidation sites excluding steroid dienone is 2. The first-order valence-electron chi connectivity index (χ1n) is 9.07. The molecule has 0 spiro atoms. The summed E-state index contributed by atoms with van der Waals surface area (Å²) in [5.74, 6) is -0.918. The van der Waals surface area contributed by atoms with E-state index in [-0.39, 0.29) is 39.9 Å². The first-order chi connectivity index (χ1) is 13.7. The fourth-order valence-corrected chi connectivity index (χ4v) is 4.47. The Bertz CT molecular complexity index is 1330. The lowest BCUT2D eigenvalue weighted by atomic mass is 9.71. The standard InChI is InChI=1S/C21H17N3O5/c1-8-17(27)15(10(3)25)19-16(18(8)28)21(4)12(29-19)7-11(26)14-9(2)23-13-5-6-22-24(13)20(14)21/h5-7,27-28H,1-4H3/t21-/m1/s1. The summed E-state index contributed by atoms with van der Waals surface area (Å²) in [6.45, 7) is 6.38. The van der Waals surface area contributed by atoms with E-state index < -0.39 is 11.2 Å². The van der Waals surface area contributed by atoms with Crippen molar-refractivity contribution in [1.29, 1.82) is 0 Å². The van der Waals surface area contributed by atoms with Crippen LogP contribution in [0.5, 0.6) is 17.2 Å². The van der Waals surface area contributed by atoms with E-state index in [1.54, 1.807) is 30.6 Å². The van der Waals surface area contributed by atoms with Gasteiger partial charge in [0.25, 0.3) is 0 Å². The van der Waals surface area contributed by atoms with E-state index in [0.29, 0.717) is 28.2 Å². The lowest BCUT2D eigenvalue weighted by Crippen LogP contribution is -2.34. The van der Waals surface area contributed by atoms with Gasteiger partial charge in [0.15, 0.2) is 17.2 Å². The molecule has 2 N–H and O–H groups in total. The van der Waals surface area contributed by atoms with Crippen molar-refractivity contribution in [1.82, 2.24) is 14.6 Å². The number of benzene rings is 1. The van der Waals surface area contributed by atoms with Crippen LogP contribution in [0.15, 0.2) is 24.1 Å². The zero-order valence-electron chi connectivity index (χ0n) is 16.2. The van der Waals surface area contributed by atoms with E-state index in [2.05, 4.69) is 10.1 Å². The van der Waals surface area contributed by atoms with Crippen molar-refractivity contribution in [2.24, 2.45) is 0 Å². The molecule has 1 aromatic carbocycles. The molecule has 3 aromatic rings. The molecule has 1 aliphatic heterocycles. The fraction of sp³-hybridized carbons (Fsp3) is 0.238. The van der Waals surface area contributed by atoms with Crippen LogP contribution in [-0.4, -0.2) is 36.4 Å². The van der Waals surface area contributed by atoms with Crippen molar-refractivity contribution in [3.8, 4) is 17.2 Å². The van der Waals surface area contributed by atoms with Gasteiger partial charge in [0, 0.05) is 17.7 Å². The third kappa shape index (κ3) is 1.88. The maximum Gasteiger partial charge on any atom is 0.192 e. The number of hydrogen-bond acceptors (Lipinski definition) is 7. The maximum atomic E-state index is 12.9. The van der Waals surface area contributed by atoms with Crippen LogP contribution in [0.4, 0.5) is 0 Å². The van der Waals surface area contributed by atoms with Gasteiger partial charge in [-0.2, -0.15) is 5.10 Å². The van der Waals surface area contributed by atoms with E-state index in [0.717, 1.165) is 0 Å². The van der Waals surface area contributed by atoms with Gasteiger partial charge >= 0.3 is 0 Å². The second-order valence-corrected chi connectivity index (χ2v) is 7.58. The molecule has 1 aliphatic carbocycles. The number of aryl methyl sites for hydroxylation is 1. The summed E-state index contributed by atoms with van der Waals surface area (Å²) < 4.78 is 7.51. The number of ketones is 2. The third-order valence-corrected chi connectivity index (χ3v) is 5.89. The Labute approximate surface area is 165 Å². The summed E-state index contributed by atoms with van der Waals surface area (Å²) in [5, 5.41) is 25.8. The van der Waals surface area contributed by atoms with Gasteiger partial charge in [-0.05, 0) is 27.7 Å². The number of phenols is 2. The van der Waals surface area contributed by atoms with Crippen LogP contribution in [0.2, 0.25) is 0 Å². The Balaban J connectivity index is 2.00. The van der Waals surface area contributed by atoms with Crippen LogP contribution in [0.1, 0.15) is 57.1 Å². The molecule has 0 bridgehead atoms. The average molecular weight is 391 g/mol. The van der Waals surface area contributed by atoms with Crippen LogP contribution < -0.4 is 4.74 Å². The summed E-state index contributed by atoms with van der Waals surface area (Å²) in [5.41, 5.74) is 1.31. The number of rotatable bonds is 1. The first kappa shape index (κ1) is 17.4. The van der Waals surface area contributed by atoms with Crippen molar-refractivity contribution in [3.05, 3.63) is 57.7 Å². The SMILES string of the molecule is CC(=O)c1c(O)c(C)c(O)c2c1OC1=CC(=O)c3c(C)nc4ccnn4c3[C@]12C. The number of nitrogens with zero attached hydrogens (tertiary/aromatic N) is 3. The van der Waals surface area contributed by atoms with E-state index in [1.807, 2.05) is 0 Å². The van der Waals surface area contributed by atoms with Crippen LogP contribution in [0.25, 0.3) is 5.65 Å². The second kappa shape index (κ2) is 5.22. The number of aromatic hydroxyl groups is 2. The number of ether oxygens (including phenoxy) is 1. The smallest absolute Gasteiger partial charge is 0.192 e. The van der Waals surface area contributed by atoms with Crippen molar-refractivity contribution in [2.75, 3.05) is 0 Å². The van der Waals surface area contributed by atoms with Crippen LogP contribution >= 0.6 is 0 Å². The van der Waals surface area contributed by atoms with Gasteiger partial charge in [0.2, 0.25) is 0 Å². The lowest BCUT2D eigenvalue weighted by molar-refractivity contribution is 0.101. The molecule has 0 amide bonds. The van der Waals surface area contributed by atoms with E-state index in [9.17, 15) is 19.8 Å². The van der Waals surface area contributed by atoms with Crippen molar-refractivity contribution < 1.29 is 24.5 Å². The fourth-order valence-electron chi connectivity index (χ4n) is 4.47. The maximum absolute atomic E-state index is 12.9. The Morgan fingerprint density at radius 1 is 1.24 bits per heavy atom. The molecule has 0 radical (unpaired) electrons. The Morgan fingerprint density at radius 3 is 2.66 bits per heavy atom. The van der Waals surface area contributed by atoms with Crippen LogP contribution in [0, 0.1) is 13.8 Å².